The number of amides is 2. The largest absolute Gasteiger partial charge is 0.353 e. The van der Waals surface area contributed by atoms with E-state index < -0.39 is 0 Å². The molecule has 0 aromatic rings. The molecule has 5 heteroatoms. The standard InChI is InChI=1S/C9H17N3O2/c1-2-10-5-6-11-9(14)7-3-4-8(13)12-7/h7,10H,2-6H2,1H3,(H,11,14)(H,12,13). The van der Waals surface area contributed by atoms with Gasteiger partial charge in [-0.2, -0.15) is 0 Å². The third-order valence-corrected chi connectivity index (χ3v) is 2.16. The highest BCUT2D eigenvalue weighted by Crippen LogP contribution is 2.05. The molecular weight excluding hydrogens is 182 g/mol. The second-order valence-corrected chi connectivity index (χ2v) is 3.30. The van der Waals surface area contributed by atoms with E-state index in [0.717, 1.165) is 13.1 Å². The summed E-state index contributed by atoms with van der Waals surface area (Å²) in [7, 11) is 0. The zero-order valence-electron chi connectivity index (χ0n) is 8.43. The lowest BCUT2D eigenvalue weighted by atomic mass is 10.2. The molecule has 0 radical (unpaired) electrons. The molecule has 0 spiro atoms. The summed E-state index contributed by atoms with van der Waals surface area (Å²) in [6.07, 6.45) is 1.08. The van der Waals surface area contributed by atoms with Gasteiger partial charge in [-0.25, -0.2) is 0 Å². The zero-order chi connectivity index (χ0) is 10.4. The number of carbonyl (C=O) groups is 2. The van der Waals surface area contributed by atoms with Gasteiger partial charge >= 0.3 is 0 Å². The molecule has 1 aliphatic heterocycles. The van der Waals surface area contributed by atoms with Gasteiger partial charge < -0.3 is 16.0 Å². The van der Waals surface area contributed by atoms with E-state index in [0.29, 0.717) is 19.4 Å². The Kier molecular flexibility index (Phi) is 4.39. The van der Waals surface area contributed by atoms with E-state index in [-0.39, 0.29) is 17.9 Å². The van der Waals surface area contributed by atoms with E-state index in [1.165, 1.54) is 0 Å². The van der Waals surface area contributed by atoms with Crippen molar-refractivity contribution in [2.45, 2.75) is 25.8 Å². The van der Waals surface area contributed by atoms with Crippen LogP contribution in [0.2, 0.25) is 0 Å². The van der Waals surface area contributed by atoms with Crippen molar-refractivity contribution in [1.82, 2.24) is 16.0 Å². The number of rotatable bonds is 5. The van der Waals surface area contributed by atoms with Gasteiger partial charge in [0.25, 0.3) is 0 Å². The predicted octanol–water partition coefficient (Wildman–Crippen LogP) is -1.01. The fraction of sp³-hybridized carbons (Fsp3) is 0.778. The van der Waals surface area contributed by atoms with Gasteiger partial charge in [0, 0.05) is 19.5 Å². The number of hydrogen-bond acceptors (Lipinski definition) is 3. The molecule has 1 rings (SSSR count). The molecule has 3 N–H and O–H groups in total. The van der Waals surface area contributed by atoms with Crippen LogP contribution in [0.5, 0.6) is 0 Å². The Morgan fingerprint density at radius 3 is 2.93 bits per heavy atom. The summed E-state index contributed by atoms with van der Waals surface area (Å²) >= 11 is 0. The highest BCUT2D eigenvalue weighted by molar-refractivity contribution is 5.90. The lowest BCUT2D eigenvalue weighted by Crippen LogP contribution is -2.43. The molecule has 5 nitrogen and oxygen atoms in total. The first kappa shape index (κ1) is 11.0. The van der Waals surface area contributed by atoms with Crippen LogP contribution in [-0.4, -0.2) is 37.5 Å². The summed E-state index contributed by atoms with van der Waals surface area (Å²) < 4.78 is 0. The normalized spacial score (nSPS) is 20.6. The van der Waals surface area contributed by atoms with E-state index >= 15 is 0 Å². The van der Waals surface area contributed by atoms with Crippen molar-refractivity contribution in [3.8, 4) is 0 Å². The number of likely N-dealkylation sites (N-methyl/N-ethyl adjacent to an activating group) is 1. The van der Waals surface area contributed by atoms with Gasteiger partial charge in [0.05, 0.1) is 0 Å². The molecule has 1 heterocycles. The van der Waals surface area contributed by atoms with Gasteiger partial charge in [-0.1, -0.05) is 6.92 Å². The molecular formula is C9H17N3O2. The van der Waals surface area contributed by atoms with Gasteiger partial charge in [-0.05, 0) is 13.0 Å². The molecule has 2 amide bonds. The lowest BCUT2D eigenvalue weighted by Gasteiger charge is -2.10. The minimum atomic E-state index is -0.316. The highest BCUT2D eigenvalue weighted by Gasteiger charge is 2.26. The Morgan fingerprint density at radius 1 is 1.57 bits per heavy atom. The lowest BCUT2D eigenvalue weighted by molar-refractivity contribution is -0.125. The molecule has 1 unspecified atom stereocenters. The molecule has 0 aromatic carbocycles. The summed E-state index contributed by atoms with van der Waals surface area (Å²) in [5.74, 6) is -0.106. The van der Waals surface area contributed by atoms with Gasteiger partial charge in [-0.15, -0.1) is 0 Å². The smallest absolute Gasteiger partial charge is 0.242 e. The van der Waals surface area contributed by atoms with E-state index in [2.05, 4.69) is 16.0 Å². The van der Waals surface area contributed by atoms with Crippen molar-refractivity contribution in [3.63, 3.8) is 0 Å². The SMILES string of the molecule is CCNCCNC(=O)C1CCC(=O)N1. The molecule has 1 fully saturated rings. The van der Waals surface area contributed by atoms with Crippen LogP contribution in [0.3, 0.4) is 0 Å². The maximum atomic E-state index is 11.4. The molecule has 0 saturated carbocycles. The van der Waals surface area contributed by atoms with Gasteiger partial charge in [0.2, 0.25) is 11.8 Å². The highest BCUT2D eigenvalue weighted by atomic mass is 16.2. The topological polar surface area (TPSA) is 70.2 Å². The summed E-state index contributed by atoms with van der Waals surface area (Å²) in [4.78, 5) is 22.2. The van der Waals surface area contributed by atoms with Crippen molar-refractivity contribution in [1.29, 1.82) is 0 Å². The molecule has 80 valence electrons. The maximum absolute atomic E-state index is 11.4. The zero-order valence-corrected chi connectivity index (χ0v) is 8.43. The third kappa shape index (κ3) is 3.33. The Hall–Kier alpha value is -1.10. The molecule has 1 saturated heterocycles. The van der Waals surface area contributed by atoms with Crippen molar-refractivity contribution >= 4 is 11.8 Å². The van der Waals surface area contributed by atoms with Crippen LogP contribution >= 0.6 is 0 Å². The molecule has 1 aliphatic rings. The van der Waals surface area contributed by atoms with Crippen LogP contribution in [0, 0.1) is 0 Å². The van der Waals surface area contributed by atoms with Crippen LogP contribution in [0.15, 0.2) is 0 Å². The molecule has 14 heavy (non-hydrogen) atoms. The third-order valence-electron chi connectivity index (χ3n) is 2.16. The molecule has 0 aliphatic carbocycles. The van der Waals surface area contributed by atoms with Gasteiger partial charge in [0.15, 0.2) is 0 Å². The van der Waals surface area contributed by atoms with Crippen molar-refractivity contribution in [2.75, 3.05) is 19.6 Å². The summed E-state index contributed by atoms with van der Waals surface area (Å²) in [6.45, 7) is 4.29. The fourth-order valence-electron chi connectivity index (χ4n) is 1.38. The average molecular weight is 199 g/mol. The Morgan fingerprint density at radius 2 is 2.36 bits per heavy atom. The second kappa shape index (κ2) is 5.59. The van der Waals surface area contributed by atoms with Crippen molar-refractivity contribution in [3.05, 3.63) is 0 Å². The van der Waals surface area contributed by atoms with Crippen LogP contribution in [0.4, 0.5) is 0 Å². The number of nitrogens with one attached hydrogen (secondary N) is 3. The van der Waals surface area contributed by atoms with Crippen molar-refractivity contribution in [2.24, 2.45) is 0 Å². The van der Waals surface area contributed by atoms with E-state index in [9.17, 15) is 9.59 Å². The fourth-order valence-corrected chi connectivity index (χ4v) is 1.38. The predicted molar refractivity (Wildman–Crippen MR) is 52.7 cm³/mol. The summed E-state index contributed by atoms with van der Waals surface area (Å²) in [6, 6.07) is -0.316. The second-order valence-electron chi connectivity index (χ2n) is 3.30. The van der Waals surface area contributed by atoms with Crippen LogP contribution in [0.25, 0.3) is 0 Å². The number of carbonyl (C=O) groups excluding carboxylic acids is 2. The van der Waals surface area contributed by atoms with Crippen molar-refractivity contribution < 1.29 is 9.59 Å². The van der Waals surface area contributed by atoms with E-state index in [4.69, 9.17) is 0 Å². The van der Waals surface area contributed by atoms with Crippen LogP contribution in [-0.2, 0) is 9.59 Å². The summed E-state index contributed by atoms with van der Waals surface area (Å²) in [5, 5.41) is 8.49. The Labute approximate surface area is 83.6 Å². The minimum Gasteiger partial charge on any atom is -0.353 e. The maximum Gasteiger partial charge on any atom is 0.242 e. The van der Waals surface area contributed by atoms with Gasteiger partial charge in [0.1, 0.15) is 6.04 Å². The minimum absolute atomic E-state index is 0.0307. The molecule has 1 atom stereocenters. The first-order valence-electron chi connectivity index (χ1n) is 5.02. The average Bonchev–Trinajstić information content (AvgIpc) is 2.59. The van der Waals surface area contributed by atoms with E-state index in [1.54, 1.807) is 0 Å². The Balaban J connectivity index is 2.12. The quantitative estimate of drug-likeness (QED) is 0.497. The number of hydrogen-bond donors (Lipinski definition) is 3. The first-order chi connectivity index (χ1) is 6.74. The van der Waals surface area contributed by atoms with Gasteiger partial charge in [-0.3, -0.25) is 9.59 Å². The molecule has 0 aromatic heterocycles. The molecule has 0 bridgehead atoms. The van der Waals surface area contributed by atoms with E-state index in [1.807, 2.05) is 6.92 Å². The first-order valence-corrected chi connectivity index (χ1v) is 5.02. The Bertz CT molecular complexity index is 218. The van der Waals surface area contributed by atoms with Crippen LogP contribution in [0.1, 0.15) is 19.8 Å². The summed E-state index contributed by atoms with van der Waals surface area (Å²) in [5.41, 5.74) is 0. The van der Waals surface area contributed by atoms with Crippen LogP contribution < -0.4 is 16.0 Å². The monoisotopic (exact) mass is 199 g/mol.